The van der Waals surface area contributed by atoms with Crippen LogP contribution in [0.2, 0.25) is 5.02 Å². The molecule has 0 aromatic carbocycles. The van der Waals surface area contributed by atoms with Gasteiger partial charge in [-0.1, -0.05) is 11.6 Å². The second-order valence-corrected chi connectivity index (χ2v) is 8.50. The van der Waals surface area contributed by atoms with Crippen molar-refractivity contribution in [3.8, 4) is 0 Å². The number of carboxylic acid groups (broad SMARTS) is 1. The molecule has 3 aliphatic heterocycles. The number of hydrogen-bond donors (Lipinski definition) is 1. The van der Waals surface area contributed by atoms with Crippen molar-refractivity contribution in [1.82, 2.24) is 14.9 Å². The fraction of sp³-hybridized carbons (Fsp3) is 0.318. The third kappa shape index (κ3) is 3.58. The molecule has 0 spiro atoms. The highest BCUT2D eigenvalue weighted by molar-refractivity contribution is 6.53. The summed E-state index contributed by atoms with van der Waals surface area (Å²) in [6.45, 7) is 1.78. The maximum Gasteiger partial charge on any atom is 0.407 e. The number of rotatable bonds is 4. The van der Waals surface area contributed by atoms with Gasteiger partial charge in [-0.2, -0.15) is 0 Å². The molecule has 10 heteroatoms. The molecule has 2 amide bonds. The fourth-order valence-electron chi connectivity index (χ4n) is 4.29. The van der Waals surface area contributed by atoms with Crippen LogP contribution in [-0.4, -0.2) is 70.4 Å². The molecule has 2 saturated heterocycles. The summed E-state index contributed by atoms with van der Waals surface area (Å²) in [5, 5.41) is 9.73. The summed E-state index contributed by atoms with van der Waals surface area (Å²) in [5.74, 6) is 0.624. The minimum absolute atomic E-state index is 0.0541. The minimum Gasteiger partial charge on any atom is -0.465 e. The van der Waals surface area contributed by atoms with Gasteiger partial charge in [-0.15, -0.1) is 0 Å². The Bertz CT molecular complexity index is 1130. The van der Waals surface area contributed by atoms with Crippen LogP contribution in [0.15, 0.2) is 53.3 Å². The SMILES string of the molecule is CN(C(=O)O)C1CCN(c2ccc(N3CC4=CC(c5ccc(Cl)cn5)N=C4C3=O)cn2)C1. The lowest BCUT2D eigenvalue weighted by Crippen LogP contribution is -2.38. The number of hydrogen-bond acceptors (Lipinski definition) is 6. The highest BCUT2D eigenvalue weighted by atomic mass is 35.5. The number of carbonyl (C=O) groups is 2. The molecule has 5 rings (SSSR count). The number of aromatic nitrogens is 2. The van der Waals surface area contributed by atoms with Gasteiger partial charge >= 0.3 is 6.09 Å². The molecular formula is C22H21ClN6O3. The fourth-order valence-corrected chi connectivity index (χ4v) is 4.40. The molecule has 2 aromatic rings. The molecule has 2 atom stereocenters. The second kappa shape index (κ2) is 7.90. The van der Waals surface area contributed by atoms with Gasteiger partial charge in [0.25, 0.3) is 5.91 Å². The lowest BCUT2D eigenvalue weighted by atomic mass is 10.1. The Hall–Kier alpha value is -3.46. The maximum atomic E-state index is 13.0. The van der Waals surface area contributed by atoms with E-state index >= 15 is 0 Å². The number of fused-ring (bicyclic) bond motifs is 1. The quantitative estimate of drug-likeness (QED) is 0.765. The average Bonchev–Trinajstić information content (AvgIpc) is 3.50. The van der Waals surface area contributed by atoms with Crippen LogP contribution in [0.1, 0.15) is 18.2 Å². The first-order valence-corrected chi connectivity index (χ1v) is 10.7. The van der Waals surface area contributed by atoms with E-state index in [4.69, 9.17) is 11.6 Å². The average molecular weight is 453 g/mol. The van der Waals surface area contributed by atoms with Crippen LogP contribution in [0.4, 0.5) is 16.3 Å². The zero-order valence-corrected chi connectivity index (χ0v) is 18.1. The molecule has 32 heavy (non-hydrogen) atoms. The summed E-state index contributed by atoms with van der Waals surface area (Å²) >= 11 is 5.90. The van der Waals surface area contributed by atoms with Gasteiger partial charge < -0.3 is 19.8 Å². The maximum absolute atomic E-state index is 13.0. The van der Waals surface area contributed by atoms with Gasteiger partial charge in [-0.05, 0) is 36.8 Å². The first-order chi connectivity index (χ1) is 15.4. The van der Waals surface area contributed by atoms with Crippen LogP contribution >= 0.6 is 11.6 Å². The van der Waals surface area contributed by atoms with Crippen LogP contribution in [0.3, 0.4) is 0 Å². The molecule has 0 bridgehead atoms. The van der Waals surface area contributed by atoms with Gasteiger partial charge in [0.05, 0.1) is 35.2 Å². The minimum atomic E-state index is -0.926. The molecule has 0 aliphatic carbocycles. The molecule has 2 aromatic heterocycles. The van der Waals surface area contributed by atoms with Crippen LogP contribution < -0.4 is 9.80 Å². The van der Waals surface area contributed by atoms with Crippen molar-refractivity contribution >= 4 is 40.8 Å². The summed E-state index contributed by atoms with van der Waals surface area (Å²) in [5.41, 5.74) is 2.82. The Morgan fingerprint density at radius 3 is 2.72 bits per heavy atom. The number of nitrogens with zero attached hydrogens (tertiary/aromatic N) is 6. The monoisotopic (exact) mass is 452 g/mol. The van der Waals surface area contributed by atoms with Crippen LogP contribution in [-0.2, 0) is 4.79 Å². The first-order valence-electron chi connectivity index (χ1n) is 10.3. The highest BCUT2D eigenvalue weighted by Crippen LogP contribution is 2.33. The van der Waals surface area contributed by atoms with E-state index in [0.717, 1.165) is 30.1 Å². The van der Waals surface area contributed by atoms with Crippen molar-refractivity contribution in [3.63, 3.8) is 0 Å². The molecule has 3 aliphatic rings. The lowest BCUT2D eigenvalue weighted by Gasteiger charge is -2.23. The van der Waals surface area contributed by atoms with E-state index in [0.29, 0.717) is 29.5 Å². The molecule has 5 heterocycles. The summed E-state index contributed by atoms with van der Waals surface area (Å²) in [4.78, 5) is 42.6. The van der Waals surface area contributed by atoms with E-state index < -0.39 is 6.09 Å². The highest BCUT2D eigenvalue weighted by Gasteiger charge is 2.38. The van der Waals surface area contributed by atoms with Crippen molar-refractivity contribution in [3.05, 3.63) is 59.0 Å². The van der Waals surface area contributed by atoms with E-state index in [1.165, 1.54) is 4.90 Å². The normalized spacial score (nSPS) is 22.1. The third-order valence-electron chi connectivity index (χ3n) is 6.14. The van der Waals surface area contributed by atoms with Gasteiger partial charge in [-0.25, -0.2) is 9.78 Å². The van der Waals surface area contributed by atoms with Gasteiger partial charge in [0, 0.05) is 31.9 Å². The van der Waals surface area contributed by atoms with E-state index in [9.17, 15) is 14.7 Å². The summed E-state index contributed by atoms with van der Waals surface area (Å²) in [6.07, 6.45) is 5.06. The van der Waals surface area contributed by atoms with Crippen molar-refractivity contribution < 1.29 is 14.7 Å². The number of likely N-dealkylation sites (N-methyl/N-ethyl adjacent to an activating group) is 1. The number of aliphatic imine (C=N–C) groups is 1. The van der Waals surface area contributed by atoms with E-state index in [1.54, 1.807) is 30.4 Å². The third-order valence-corrected chi connectivity index (χ3v) is 6.37. The van der Waals surface area contributed by atoms with E-state index in [2.05, 4.69) is 19.9 Å². The number of pyridine rings is 2. The Labute approximate surface area is 189 Å². The van der Waals surface area contributed by atoms with Crippen molar-refractivity contribution in [2.45, 2.75) is 18.5 Å². The Kier molecular flexibility index (Phi) is 5.05. The van der Waals surface area contributed by atoms with Gasteiger partial charge in [-0.3, -0.25) is 14.8 Å². The van der Waals surface area contributed by atoms with Crippen LogP contribution in [0.5, 0.6) is 0 Å². The number of carbonyl (C=O) groups excluding carboxylic acids is 1. The van der Waals surface area contributed by atoms with E-state index in [-0.39, 0.29) is 18.0 Å². The second-order valence-electron chi connectivity index (χ2n) is 8.06. The summed E-state index contributed by atoms with van der Waals surface area (Å²) in [6, 6.07) is 7.00. The van der Waals surface area contributed by atoms with Gasteiger partial charge in [0.2, 0.25) is 0 Å². The van der Waals surface area contributed by atoms with Crippen molar-refractivity contribution in [2.24, 2.45) is 4.99 Å². The topological polar surface area (TPSA) is 102 Å². The first kappa shape index (κ1) is 20.4. The molecule has 2 fully saturated rings. The molecule has 164 valence electrons. The molecule has 1 N–H and O–H groups in total. The standard InChI is InChI=1S/C22H21ClN6O3/c1-27(22(31)32)16-6-7-28(12-16)19-5-3-15(10-25-19)29-11-13-8-18(26-20(13)21(29)30)17-4-2-14(23)9-24-17/h2-5,8-10,16,18H,6-7,11-12H2,1H3,(H,31,32). The zero-order valence-electron chi connectivity index (χ0n) is 17.3. The predicted molar refractivity (Wildman–Crippen MR) is 121 cm³/mol. The van der Waals surface area contributed by atoms with Crippen molar-refractivity contribution in [2.75, 3.05) is 36.5 Å². The molecular weight excluding hydrogens is 432 g/mol. The largest absolute Gasteiger partial charge is 0.465 e. The predicted octanol–water partition coefficient (Wildman–Crippen LogP) is 2.79. The molecule has 0 saturated carbocycles. The Morgan fingerprint density at radius 1 is 1.22 bits per heavy atom. The van der Waals surface area contributed by atoms with Gasteiger partial charge in [0.15, 0.2) is 0 Å². The molecule has 2 unspecified atom stereocenters. The zero-order chi connectivity index (χ0) is 22.4. The van der Waals surface area contributed by atoms with Gasteiger partial charge in [0.1, 0.15) is 17.6 Å². The van der Waals surface area contributed by atoms with Crippen LogP contribution in [0, 0.1) is 0 Å². The molecule has 0 radical (unpaired) electrons. The Morgan fingerprint density at radius 2 is 2.06 bits per heavy atom. The Balaban J connectivity index is 1.27. The van der Waals surface area contributed by atoms with E-state index in [1.807, 2.05) is 24.3 Å². The smallest absolute Gasteiger partial charge is 0.407 e. The number of amides is 2. The summed E-state index contributed by atoms with van der Waals surface area (Å²) < 4.78 is 0. The van der Waals surface area contributed by atoms with Crippen LogP contribution in [0.25, 0.3) is 0 Å². The number of halogens is 1. The number of anilines is 2. The summed E-state index contributed by atoms with van der Waals surface area (Å²) in [7, 11) is 1.59. The molecule has 9 nitrogen and oxygen atoms in total. The lowest BCUT2D eigenvalue weighted by molar-refractivity contribution is -0.111. The van der Waals surface area contributed by atoms with Crippen molar-refractivity contribution in [1.29, 1.82) is 0 Å².